The van der Waals surface area contributed by atoms with E-state index in [1.807, 2.05) is 0 Å². The van der Waals surface area contributed by atoms with Gasteiger partial charge in [-0.05, 0) is 0 Å². The van der Waals surface area contributed by atoms with Crippen LogP contribution in [0.1, 0.15) is 20.8 Å². The molecule has 0 spiro atoms. The van der Waals surface area contributed by atoms with Crippen molar-refractivity contribution >= 4 is 0 Å². The van der Waals surface area contributed by atoms with Crippen molar-refractivity contribution in [3.8, 4) is 0 Å². The van der Waals surface area contributed by atoms with E-state index in [4.69, 9.17) is 15.3 Å². The Labute approximate surface area is 60.7 Å². The van der Waals surface area contributed by atoms with Crippen LogP contribution in [0.15, 0.2) is 0 Å². The minimum absolute atomic E-state index is 0.833. The highest BCUT2D eigenvalue weighted by Crippen LogP contribution is 2.00. The average Bonchev–Trinajstić information content (AvgIpc) is 1.59. The van der Waals surface area contributed by atoms with Crippen molar-refractivity contribution in [2.75, 3.05) is 0 Å². The summed E-state index contributed by atoms with van der Waals surface area (Å²) in [5, 5.41) is 26.9. The van der Waals surface area contributed by atoms with Crippen LogP contribution in [0.2, 0.25) is 0 Å². The summed E-state index contributed by atoms with van der Waals surface area (Å²) in [5.74, 6) is 0. The predicted octanol–water partition coefficient (Wildman–Crippen LogP) is -0.859. The molecule has 0 aliphatic carbocycles. The Bertz CT molecular complexity index is 74.0. The van der Waals surface area contributed by atoms with E-state index in [0.717, 1.165) is 0 Å². The van der Waals surface area contributed by atoms with Gasteiger partial charge in [-0.2, -0.15) is 0 Å². The molecule has 1 radical (unpaired) electrons. The number of rotatable bonds is 3. The molecule has 0 aromatic carbocycles. The highest BCUT2D eigenvalue weighted by molar-refractivity contribution is 4.65. The minimum atomic E-state index is -0.833. The van der Waals surface area contributed by atoms with E-state index >= 15 is 0 Å². The number of aliphatic hydroxyl groups excluding tert-OH is 3. The van der Waals surface area contributed by atoms with Crippen LogP contribution in [-0.2, 0) is 0 Å². The molecule has 0 saturated heterocycles. The summed E-state index contributed by atoms with van der Waals surface area (Å²) in [5.41, 5.74) is 0. The summed E-state index contributed by atoms with van der Waals surface area (Å²) in [6.45, 7) is 4.46. The molecule has 0 aromatic rings. The van der Waals surface area contributed by atoms with Crippen LogP contribution in [0.3, 0.4) is 0 Å². The first kappa shape index (κ1) is 9.84. The Morgan fingerprint density at radius 3 is 1.00 bits per heavy atom. The van der Waals surface area contributed by atoms with Crippen molar-refractivity contribution in [3.05, 3.63) is 0 Å². The Hall–Kier alpha value is -0.160. The molecule has 0 saturated carbocycles. The fourth-order valence-electron chi connectivity index (χ4n) is 0.937. The number of nitrogens with zero attached hydrogens (tertiary/aromatic N) is 1. The van der Waals surface area contributed by atoms with Crippen molar-refractivity contribution in [1.82, 2.24) is 4.90 Å². The lowest BCUT2D eigenvalue weighted by Crippen LogP contribution is -2.51. The third-order valence-electron chi connectivity index (χ3n) is 1.29. The van der Waals surface area contributed by atoms with Gasteiger partial charge in [0.1, 0.15) is 0 Å². The topological polar surface area (TPSA) is 66.6 Å². The van der Waals surface area contributed by atoms with E-state index in [0.29, 0.717) is 0 Å². The zero-order valence-electron chi connectivity index (χ0n) is 6.52. The maximum absolute atomic E-state index is 8.96. The summed E-state index contributed by atoms with van der Waals surface area (Å²) in [6.07, 6.45) is -2.50. The van der Waals surface area contributed by atoms with E-state index in [-0.39, 0.29) is 0 Å². The lowest BCUT2D eigenvalue weighted by molar-refractivity contribution is -0.0909. The first-order valence-corrected chi connectivity index (χ1v) is 3.28. The second kappa shape index (κ2) is 3.88. The second-order valence-corrected chi connectivity index (χ2v) is 2.34. The Morgan fingerprint density at radius 2 is 1.00 bits per heavy atom. The molecule has 3 atom stereocenters. The second-order valence-electron chi connectivity index (χ2n) is 2.34. The molecule has 0 bridgehead atoms. The van der Waals surface area contributed by atoms with Gasteiger partial charge in [-0.25, -0.2) is 0 Å². The van der Waals surface area contributed by atoms with E-state index in [1.54, 1.807) is 0 Å². The molecule has 0 amide bonds. The maximum atomic E-state index is 8.96. The van der Waals surface area contributed by atoms with Gasteiger partial charge >= 0.3 is 0 Å². The van der Waals surface area contributed by atoms with E-state index in [2.05, 4.69) is 0 Å². The standard InChI is InChI=1S/C6H15NO3/c1-4(8)7(5(2)9)6(3)10/h4-6,8-10H,1-3H3/q+1. The quantitative estimate of drug-likeness (QED) is 0.361. The largest absolute Gasteiger partial charge is 0.341 e. The molecule has 3 unspecified atom stereocenters. The molecule has 10 heavy (non-hydrogen) atoms. The van der Waals surface area contributed by atoms with Crippen molar-refractivity contribution in [3.63, 3.8) is 0 Å². The SMILES string of the molecule is CC(O)[N+](C(C)O)C(C)O. The van der Waals surface area contributed by atoms with Gasteiger partial charge in [0.2, 0.25) is 18.7 Å². The molecule has 0 rings (SSSR count). The van der Waals surface area contributed by atoms with E-state index < -0.39 is 18.7 Å². The van der Waals surface area contributed by atoms with E-state index in [9.17, 15) is 0 Å². The van der Waals surface area contributed by atoms with Gasteiger partial charge in [0, 0.05) is 20.8 Å². The molecule has 3 N–H and O–H groups in total. The highest BCUT2D eigenvalue weighted by Gasteiger charge is 2.31. The minimum Gasteiger partial charge on any atom is -0.341 e. The predicted molar refractivity (Wildman–Crippen MR) is 37.2 cm³/mol. The van der Waals surface area contributed by atoms with Crippen molar-refractivity contribution in [2.24, 2.45) is 0 Å². The molecule has 61 valence electrons. The highest BCUT2D eigenvalue weighted by atomic mass is 16.4. The van der Waals surface area contributed by atoms with Crippen molar-refractivity contribution < 1.29 is 15.3 Å². The first-order valence-electron chi connectivity index (χ1n) is 3.28. The third-order valence-corrected chi connectivity index (χ3v) is 1.29. The molecular formula is C6H15NO3+. The average molecular weight is 149 g/mol. The summed E-state index contributed by atoms with van der Waals surface area (Å²) in [7, 11) is 0. The Morgan fingerprint density at radius 1 is 0.800 bits per heavy atom. The van der Waals surface area contributed by atoms with Crippen molar-refractivity contribution in [2.45, 2.75) is 39.5 Å². The molecule has 0 aliphatic heterocycles. The zero-order valence-corrected chi connectivity index (χ0v) is 6.52. The van der Waals surface area contributed by atoms with E-state index in [1.165, 1.54) is 25.7 Å². The summed E-state index contributed by atoms with van der Waals surface area (Å²) in [6, 6.07) is 0. The Kier molecular flexibility index (Phi) is 3.81. The van der Waals surface area contributed by atoms with Crippen LogP contribution < -0.4 is 4.90 Å². The molecule has 0 fully saturated rings. The number of hydrogen-bond acceptors (Lipinski definition) is 4. The van der Waals surface area contributed by atoms with Gasteiger partial charge in [-0.3, -0.25) is 0 Å². The lowest BCUT2D eigenvalue weighted by atomic mass is 10.4. The molecule has 0 aromatic heterocycles. The van der Waals surface area contributed by atoms with Gasteiger partial charge in [-0.15, -0.1) is 0 Å². The van der Waals surface area contributed by atoms with Gasteiger partial charge in [0.25, 0.3) is 0 Å². The smallest absolute Gasteiger partial charge is 0.235 e. The van der Waals surface area contributed by atoms with Gasteiger partial charge < -0.3 is 15.3 Å². The first-order chi connectivity index (χ1) is 4.46. The van der Waals surface area contributed by atoms with Gasteiger partial charge in [0.05, 0.1) is 0 Å². The summed E-state index contributed by atoms with van der Waals surface area (Å²) < 4.78 is 0. The molecule has 4 heteroatoms. The summed E-state index contributed by atoms with van der Waals surface area (Å²) in [4.78, 5) is 1.17. The van der Waals surface area contributed by atoms with Crippen LogP contribution in [0.5, 0.6) is 0 Å². The van der Waals surface area contributed by atoms with Crippen LogP contribution in [-0.4, -0.2) is 34.0 Å². The molecule has 0 heterocycles. The number of aliphatic hydroxyl groups is 3. The van der Waals surface area contributed by atoms with Crippen LogP contribution in [0.4, 0.5) is 0 Å². The zero-order chi connectivity index (χ0) is 8.31. The van der Waals surface area contributed by atoms with Gasteiger partial charge in [-0.1, -0.05) is 4.90 Å². The number of hydrogen-bond donors (Lipinski definition) is 3. The van der Waals surface area contributed by atoms with Crippen molar-refractivity contribution in [1.29, 1.82) is 0 Å². The van der Waals surface area contributed by atoms with Gasteiger partial charge in [0.15, 0.2) is 0 Å². The molecule has 4 nitrogen and oxygen atoms in total. The maximum Gasteiger partial charge on any atom is 0.235 e. The molecular weight excluding hydrogens is 134 g/mol. The summed E-state index contributed by atoms with van der Waals surface area (Å²) >= 11 is 0. The fourth-order valence-corrected chi connectivity index (χ4v) is 0.937. The fraction of sp³-hybridized carbons (Fsp3) is 1.00. The third kappa shape index (κ3) is 2.62. The normalized spacial score (nSPS) is 20.7. The monoisotopic (exact) mass is 149 g/mol. The Balaban J connectivity index is 3.98. The van der Waals surface area contributed by atoms with Crippen LogP contribution in [0.25, 0.3) is 0 Å². The van der Waals surface area contributed by atoms with Crippen LogP contribution >= 0.6 is 0 Å². The lowest BCUT2D eigenvalue weighted by Gasteiger charge is -2.19. The van der Waals surface area contributed by atoms with Crippen LogP contribution in [0, 0.1) is 0 Å². The molecule has 0 aliphatic rings.